The van der Waals surface area contributed by atoms with Crippen molar-refractivity contribution in [2.75, 3.05) is 18.6 Å². The number of carbonyl (C=O) groups excluding carboxylic acids is 1. The molecule has 0 spiro atoms. The number of hydrogen-bond donors (Lipinski definition) is 0. The zero-order valence-electron chi connectivity index (χ0n) is 8.74. The van der Waals surface area contributed by atoms with E-state index in [9.17, 15) is 4.79 Å². The molecule has 1 unspecified atom stereocenters. The minimum atomic E-state index is -0.190. The molecule has 1 atom stereocenters. The average Bonchev–Trinajstić information content (AvgIpc) is 2.21. The summed E-state index contributed by atoms with van der Waals surface area (Å²) in [6.07, 6.45) is 0.834. The van der Waals surface area contributed by atoms with Crippen LogP contribution in [0.5, 0.6) is 0 Å². The molecule has 0 amide bonds. The minimum Gasteiger partial charge on any atom is -0.467 e. The van der Waals surface area contributed by atoms with E-state index in [0.29, 0.717) is 5.02 Å². The van der Waals surface area contributed by atoms with Gasteiger partial charge in [-0.1, -0.05) is 11.6 Å². The Morgan fingerprint density at radius 1 is 1.62 bits per heavy atom. The monoisotopic (exact) mass is 303 g/mol. The lowest BCUT2D eigenvalue weighted by molar-refractivity contribution is -0.143. The van der Waals surface area contributed by atoms with Crippen LogP contribution >= 0.6 is 27.5 Å². The second-order valence-electron chi connectivity index (χ2n) is 3.62. The van der Waals surface area contributed by atoms with Crippen molar-refractivity contribution in [2.24, 2.45) is 0 Å². The van der Waals surface area contributed by atoms with Gasteiger partial charge in [0.05, 0.1) is 12.1 Å². The number of methoxy groups -OCH3 is 1. The fourth-order valence-electron chi connectivity index (χ4n) is 1.74. The van der Waals surface area contributed by atoms with E-state index in [0.717, 1.165) is 23.1 Å². The van der Waals surface area contributed by atoms with Gasteiger partial charge in [-0.05, 0) is 40.5 Å². The quantitative estimate of drug-likeness (QED) is 0.787. The van der Waals surface area contributed by atoms with Gasteiger partial charge in [-0.15, -0.1) is 0 Å². The summed E-state index contributed by atoms with van der Waals surface area (Å²) in [6, 6.07) is 5.50. The summed E-state index contributed by atoms with van der Waals surface area (Å²) < 4.78 is 5.59. The molecule has 1 saturated heterocycles. The molecule has 86 valence electrons. The normalized spacial score (nSPS) is 19.2. The van der Waals surface area contributed by atoms with Gasteiger partial charge in [0.15, 0.2) is 0 Å². The Labute approximate surface area is 107 Å². The Hall–Kier alpha value is -0.740. The van der Waals surface area contributed by atoms with Crippen LogP contribution in [0.4, 0.5) is 5.69 Å². The van der Waals surface area contributed by atoms with Gasteiger partial charge in [0.2, 0.25) is 0 Å². The van der Waals surface area contributed by atoms with Gasteiger partial charge in [0, 0.05) is 16.7 Å². The van der Waals surface area contributed by atoms with Crippen molar-refractivity contribution in [3.63, 3.8) is 0 Å². The number of anilines is 1. The number of benzene rings is 1. The molecule has 0 N–H and O–H groups in total. The van der Waals surface area contributed by atoms with E-state index in [-0.39, 0.29) is 12.0 Å². The number of nitrogens with zero attached hydrogens (tertiary/aromatic N) is 1. The highest BCUT2D eigenvalue weighted by Crippen LogP contribution is 2.32. The maximum atomic E-state index is 11.4. The number of esters is 1. The Kier molecular flexibility index (Phi) is 3.40. The zero-order chi connectivity index (χ0) is 11.7. The zero-order valence-corrected chi connectivity index (χ0v) is 11.1. The van der Waals surface area contributed by atoms with E-state index in [1.165, 1.54) is 7.11 Å². The maximum Gasteiger partial charge on any atom is 0.328 e. The number of carbonyl (C=O) groups is 1. The van der Waals surface area contributed by atoms with Gasteiger partial charge in [0.25, 0.3) is 0 Å². The van der Waals surface area contributed by atoms with E-state index < -0.39 is 0 Å². The maximum absolute atomic E-state index is 11.4. The second-order valence-corrected chi connectivity index (χ2v) is 4.88. The van der Waals surface area contributed by atoms with Gasteiger partial charge in [-0.3, -0.25) is 0 Å². The molecule has 0 aliphatic carbocycles. The van der Waals surface area contributed by atoms with Crippen LogP contribution in [-0.2, 0) is 9.53 Å². The first-order chi connectivity index (χ1) is 7.63. The third-order valence-corrected chi connectivity index (χ3v) is 3.96. The third-order valence-electron chi connectivity index (χ3n) is 2.73. The summed E-state index contributed by atoms with van der Waals surface area (Å²) in [4.78, 5) is 13.4. The van der Waals surface area contributed by atoms with Crippen LogP contribution in [0.25, 0.3) is 0 Å². The molecule has 0 saturated carbocycles. The molecule has 1 aromatic rings. The van der Waals surface area contributed by atoms with E-state index in [1.807, 2.05) is 23.1 Å². The van der Waals surface area contributed by atoms with Crippen molar-refractivity contribution in [3.8, 4) is 0 Å². The highest BCUT2D eigenvalue weighted by molar-refractivity contribution is 9.10. The summed E-state index contributed by atoms with van der Waals surface area (Å²) >= 11 is 9.34. The van der Waals surface area contributed by atoms with E-state index >= 15 is 0 Å². The summed E-state index contributed by atoms with van der Waals surface area (Å²) in [5, 5.41) is 0.646. The SMILES string of the molecule is COC(=O)C1CCN1c1ccc(Br)c(Cl)c1. The van der Waals surface area contributed by atoms with Crippen LogP contribution < -0.4 is 4.90 Å². The van der Waals surface area contributed by atoms with E-state index in [1.54, 1.807) is 0 Å². The Morgan fingerprint density at radius 2 is 2.38 bits per heavy atom. The van der Waals surface area contributed by atoms with Crippen molar-refractivity contribution in [3.05, 3.63) is 27.7 Å². The van der Waals surface area contributed by atoms with Gasteiger partial charge >= 0.3 is 5.97 Å². The van der Waals surface area contributed by atoms with Crippen LogP contribution in [0.15, 0.2) is 22.7 Å². The second kappa shape index (κ2) is 4.63. The fraction of sp³-hybridized carbons (Fsp3) is 0.364. The topological polar surface area (TPSA) is 29.5 Å². The summed E-state index contributed by atoms with van der Waals surface area (Å²) in [6.45, 7) is 0.859. The van der Waals surface area contributed by atoms with E-state index in [2.05, 4.69) is 15.9 Å². The molecule has 0 bridgehead atoms. The standard InChI is InChI=1S/C11H11BrClNO2/c1-16-11(15)10-4-5-14(10)7-2-3-8(12)9(13)6-7/h2-3,6,10H,4-5H2,1H3. The predicted octanol–water partition coefficient (Wildman–Crippen LogP) is 2.85. The molecule has 0 aromatic heterocycles. The smallest absolute Gasteiger partial charge is 0.328 e. The first-order valence-electron chi connectivity index (χ1n) is 4.93. The van der Waals surface area contributed by atoms with Crippen LogP contribution in [0.3, 0.4) is 0 Å². The minimum absolute atomic E-state index is 0.165. The lowest BCUT2D eigenvalue weighted by Crippen LogP contribution is -2.53. The fourth-order valence-corrected chi connectivity index (χ4v) is 2.16. The van der Waals surface area contributed by atoms with E-state index in [4.69, 9.17) is 16.3 Å². The molecule has 1 heterocycles. The lowest BCUT2D eigenvalue weighted by atomic mass is 10.0. The number of halogens is 2. The van der Waals surface area contributed by atoms with Crippen LogP contribution in [-0.4, -0.2) is 25.7 Å². The summed E-state index contributed by atoms with van der Waals surface area (Å²) in [7, 11) is 1.41. The Bertz CT molecular complexity index is 424. The molecular formula is C11H11BrClNO2. The van der Waals surface area contributed by atoms with Crippen molar-refractivity contribution in [1.82, 2.24) is 0 Å². The molecule has 1 aliphatic heterocycles. The van der Waals surface area contributed by atoms with Crippen molar-refractivity contribution in [2.45, 2.75) is 12.5 Å². The molecule has 2 rings (SSSR count). The van der Waals surface area contributed by atoms with Gasteiger partial charge in [-0.25, -0.2) is 4.79 Å². The highest BCUT2D eigenvalue weighted by atomic mass is 79.9. The lowest BCUT2D eigenvalue weighted by Gasteiger charge is -2.40. The van der Waals surface area contributed by atoms with Crippen molar-refractivity contribution in [1.29, 1.82) is 0 Å². The number of rotatable bonds is 2. The molecule has 5 heteroatoms. The molecule has 1 fully saturated rings. The first-order valence-corrected chi connectivity index (χ1v) is 6.10. The number of hydrogen-bond acceptors (Lipinski definition) is 3. The van der Waals surface area contributed by atoms with Crippen molar-refractivity contribution >= 4 is 39.2 Å². The Balaban J connectivity index is 2.19. The third kappa shape index (κ3) is 2.04. The predicted molar refractivity (Wildman–Crippen MR) is 66.9 cm³/mol. The van der Waals surface area contributed by atoms with Gasteiger partial charge in [0.1, 0.15) is 6.04 Å². The first kappa shape index (κ1) is 11.7. The molecule has 1 aliphatic rings. The van der Waals surface area contributed by atoms with Crippen LogP contribution in [0.1, 0.15) is 6.42 Å². The number of ether oxygens (including phenoxy) is 1. The summed E-state index contributed by atoms with van der Waals surface area (Å²) in [5.41, 5.74) is 0.954. The molecule has 16 heavy (non-hydrogen) atoms. The molecular weight excluding hydrogens is 293 g/mol. The largest absolute Gasteiger partial charge is 0.467 e. The average molecular weight is 305 g/mol. The summed E-state index contributed by atoms with van der Waals surface area (Å²) in [5.74, 6) is -0.190. The van der Waals surface area contributed by atoms with Crippen molar-refractivity contribution < 1.29 is 9.53 Å². The molecule has 1 aromatic carbocycles. The Morgan fingerprint density at radius 3 is 2.88 bits per heavy atom. The highest BCUT2D eigenvalue weighted by Gasteiger charge is 2.35. The van der Waals surface area contributed by atoms with Crippen LogP contribution in [0, 0.1) is 0 Å². The van der Waals surface area contributed by atoms with Crippen LogP contribution in [0.2, 0.25) is 5.02 Å². The van der Waals surface area contributed by atoms with Gasteiger partial charge in [-0.2, -0.15) is 0 Å². The molecule has 3 nitrogen and oxygen atoms in total. The van der Waals surface area contributed by atoms with Gasteiger partial charge < -0.3 is 9.64 Å². The molecule has 0 radical (unpaired) electrons.